The van der Waals surface area contributed by atoms with Gasteiger partial charge in [0.1, 0.15) is 6.26 Å². The minimum Gasteiger partial charge on any atom is -0.441 e. The summed E-state index contributed by atoms with van der Waals surface area (Å²) in [6.45, 7) is 1.71. The van der Waals surface area contributed by atoms with Gasteiger partial charge in [0.15, 0.2) is 0 Å². The number of hydrogen-bond acceptors (Lipinski definition) is 4. The predicted octanol–water partition coefficient (Wildman–Crippen LogP) is 0.251. The summed E-state index contributed by atoms with van der Waals surface area (Å²) in [4.78, 5) is 17.8. The number of likely N-dealkylation sites (tertiary alicyclic amines) is 1. The highest BCUT2D eigenvalue weighted by Crippen LogP contribution is 2.23. The molecule has 2 atom stereocenters. The molecule has 0 radical (unpaired) electrons. The van der Waals surface area contributed by atoms with E-state index < -0.39 is 0 Å². The zero-order chi connectivity index (χ0) is 10.3. The summed E-state index contributed by atoms with van der Waals surface area (Å²) in [5, 5.41) is 3.40. The quantitative estimate of drug-likeness (QED) is 0.717. The van der Waals surface area contributed by atoms with Gasteiger partial charge < -0.3 is 14.6 Å². The van der Waals surface area contributed by atoms with E-state index in [0.29, 0.717) is 12.1 Å². The standard InChI is InChI=1S/C10H13N3O2/c14-10(9-11-2-4-15-9)13-3-1-7-5-8(13)6-12-7/h2,4,7-8,12H,1,3,5-6H2. The van der Waals surface area contributed by atoms with Gasteiger partial charge in [0.25, 0.3) is 5.89 Å². The average molecular weight is 207 g/mol. The third-order valence-corrected chi connectivity index (χ3v) is 3.23. The molecule has 80 valence electrons. The lowest BCUT2D eigenvalue weighted by molar-refractivity contribution is 0.0617. The van der Waals surface area contributed by atoms with Crippen molar-refractivity contribution in [3.05, 3.63) is 18.4 Å². The zero-order valence-corrected chi connectivity index (χ0v) is 8.35. The molecule has 2 unspecified atom stereocenters. The number of aromatic nitrogens is 1. The minimum atomic E-state index is -0.0767. The number of hydrogen-bond donors (Lipinski definition) is 1. The molecule has 1 N–H and O–H groups in total. The van der Waals surface area contributed by atoms with E-state index in [1.165, 1.54) is 12.5 Å². The molecule has 0 aliphatic carbocycles. The Kier molecular flexibility index (Phi) is 1.98. The Balaban J connectivity index is 1.79. The third kappa shape index (κ3) is 1.43. The van der Waals surface area contributed by atoms with E-state index >= 15 is 0 Å². The van der Waals surface area contributed by atoms with E-state index in [9.17, 15) is 4.79 Å². The van der Waals surface area contributed by atoms with Crippen molar-refractivity contribution in [2.45, 2.75) is 24.9 Å². The molecule has 1 amide bonds. The maximum Gasteiger partial charge on any atom is 0.309 e. The van der Waals surface area contributed by atoms with Gasteiger partial charge in [-0.15, -0.1) is 0 Å². The van der Waals surface area contributed by atoms with Crippen molar-refractivity contribution >= 4 is 5.91 Å². The second kappa shape index (κ2) is 3.34. The van der Waals surface area contributed by atoms with Crippen molar-refractivity contribution in [3.8, 4) is 0 Å². The number of piperidine rings is 1. The molecule has 3 heterocycles. The van der Waals surface area contributed by atoms with Crippen LogP contribution in [0.1, 0.15) is 23.5 Å². The van der Waals surface area contributed by atoms with Crippen LogP contribution in [0.2, 0.25) is 0 Å². The number of carbonyl (C=O) groups excluding carboxylic acids is 1. The first-order valence-electron chi connectivity index (χ1n) is 5.28. The lowest BCUT2D eigenvalue weighted by Gasteiger charge is -2.31. The van der Waals surface area contributed by atoms with Gasteiger partial charge in [-0.05, 0) is 12.8 Å². The molecule has 0 saturated carbocycles. The van der Waals surface area contributed by atoms with Gasteiger partial charge in [-0.3, -0.25) is 4.79 Å². The summed E-state index contributed by atoms with van der Waals surface area (Å²) in [6.07, 6.45) is 5.04. The summed E-state index contributed by atoms with van der Waals surface area (Å²) in [6, 6.07) is 0.923. The highest BCUT2D eigenvalue weighted by Gasteiger charge is 2.37. The minimum absolute atomic E-state index is 0.0767. The molecule has 0 aromatic carbocycles. The first kappa shape index (κ1) is 8.91. The lowest BCUT2D eigenvalue weighted by Crippen LogP contribution is -2.44. The number of nitrogens with zero attached hydrogens (tertiary/aromatic N) is 2. The summed E-state index contributed by atoms with van der Waals surface area (Å²) >= 11 is 0. The van der Waals surface area contributed by atoms with Gasteiger partial charge in [-0.2, -0.15) is 0 Å². The summed E-state index contributed by atoms with van der Waals surface area (Å²) < 4.78 is 5.03. The van der Waals surface area contributed by atoms with Crippen molar-refractivity contribution in [3.63, 3.8) is 0 Å². The summed E-state index contributed by atoms with van der Waals surface area (Å²) in [5.74, 6) is 0.132. The van der Waals surface area contributed by atoms with Crippen LogP contribution in [0.25, 0.3) is 0 Å². The van der Waals surface area contributed by atoms with Crippen LogP contribution in [0.4, 0.5) is 0 Å². The van der Waals surface area contributed by atoms with Gasteiger partial charge in [-0.25, -0.2) is 4.98 Å². The fraction of sp³-hybridized carbons (Fsp3) is 0.600. The van der Waals surface area contributed by atoms with E-state index in [0.717, 1.165) is 25.9 Å². The summed E-state index contributed by atoms with van der Waals surface area (Å²) in [5.41, 5.74) is 0. The topological polar surface area (TPSA) is 58.4 Å². The van der Waals surface area contributed by atoms with Crippen molar-refractivity contribution in [2.75, 3.05) is 13.1 Å². The molecule has 15 heavy (non-hydrogen) atoms. The molecule has 2 fully saturated rings. The van der Waals surface area contributed by atoms with Gasteiger partial charge in [-0.1, -0.05) is 0 Å². The monoisotopic (exact) mass is 207 g/mol. The molecule has 1 aromatic rings. The molecule has 3 rings (SSSR count). The molecule has 1 aromatic heterocycles. The van der Waals surface area contributed by atoms with Crippen molar-refractivity contribution in [1.82, 2.24) is 15.2 Å². The van der Waals surface area contributed by atoms with Crippen molar-refractivity contribution in [2.24, 2.45) is 0 Å². The molecule has 5 heteroatoms. The number of carbonyl (C=O) groups is 1. The number of oxazole rings is 1. The number of fused-ring (bicyclic) bond motifs is 2. The molecular weight excluding hydrogens is 194 g/mol. The molecule has 5 nitrogen and oxygen atoms in total. The number of nitrogens with one attached hydrogen (secondary N) is 1. The third-order valence-electron chi connectivity index (χ3n) is 3.23. The number of amides is 1. The Bertz CT molecular complexity index is 363. The van der Waals surface area contributed by atoms with Crippen LogP contribution in [0.15, 0.2) is 16.9 Å². The van der Waals surface area contributed by atoms with Crippen LogP contribution in [0.5, 0.6) is 0 Å². The van der Waals surface area contributed by atoms with Crippen LogP contribution in [-0.4, -0.2) is 41.0 Å². The van der Waals surface area contributed by atoms with Gasteiger partial charge >= 0.3 is 5.91 Å². The Labute approximate surface area is 87.5 Å². The Morgan fingerprint density at radius 1 is 1.67 bits per heavy atom. The largest absolute Gasteiger partial charge is 0.441 e. The molecular formula is C10H13N3O2. The first-order chi connectivity index (χ1) is 7.34. The average Bonchev–Trinajstić information content (AvgIpc) is 2.88. The van der Waals surface area contributed by atoms with Crippen molar-refractivity contribution in [1.29, 1.82) is 0 Å². The highest BCUT2D eigenvalue weighted by molar-refractivity contribution is 5.90. The highest BCUT2D eigenvalue weighted by atomic mass is 16.4. The van der Waals surface area contributed by atoms with Crippen molar-refractivity contribution < 1.29 is 9.21 Å². The van der Waals surface area contributed by atoms with E-state index in [4.69, 9.17) is 4.42 Å². The smallest absolute Gasteiger partial charge is 0.309 e. The van der Waals surface area contributed by atoms with Gasteiger partial charge in [0, 0.05) is 25.2 Å². The van der Waals surface area contributed by atoms with E-state index in [2.05, 4.69) is 10.3 Å². The molecule has 2 aliphatic heterocycles. The first-order valence-corrected chi connectivity index (χ1v) is 5.28. The molecule has 2 saturated heterocycles. The van der Waals surface area contributed by atoms with Gasteiger partial charge in [0.2, 0.25) is 0 Å². The molecule has 2 bridgehead atoms. The van der Waals surface area contributed by atoms with Crippen LogP contribution < -0.4 is 5.32 Å². The second-order valence-corrected chi connectivity index (χ2v) is 4.12. The van der Waals surface area contributed by atoms with Crippen LogP contribution >= 0.6 is 0 Å². The van der Waals surface area contributed by atoms with E-state index in [-0.39, 0.29) is 11.8 Å². The molecule has 2 aliphatic rings. The second-order valence-electron chi connectivity index (χ2n) is 4.12. The van der Waals surface area contributed by atoms with Crippen LogP contribution in [-0.2, 0) is 0 Å². The predicted molar refractivity (Wildman–Crippen MR) is 52.4 cm³/mol. The fourth-order valence-electron chi connectivity index (χ4n) is 2.45. The SMILES string of the molecule is O=C(c1ncco1)N1CCC2CC1CN2. The van der Waals surface area contributed by atoms with Gasteiger partial charge in [0.05, 0.1) is 6.20 Å². The van der Waals surface area contributed by atoms with Crippen LogP contribution in [0.3, 0.4) is 0 Å². The Morgan fingerprint density at radius 2 is 2.60 bits per heavy atom. The Morgan fingerprint density at radius 3 is 3.40 bits per heavy atom. The number of rotatable bonds is 1. The van der Waals surface area contributed by atoms with E-state index in [1.54, 1.807) is 0 Å². The zero-order valence-electron chi connectivity index (χ0n) is 8.35. The van der Waals surface area contributed by atoms with E-state index in [1.807, 2.05) is 4.90 Å². The fourth-order valence-corrected chi connectivity index (χ4v) is 2.45. The lowest BCUT2D eigenvalue weighted by atomic mass is 10.0. The molecule has 0 spiro atoms. The Hall–Kier alpha value is -1.36. The maximum absolute atomic E-state index is 12.0. The van der Waals surface area contributed by atoms with Crippen LogP contribution in [0, 0.1) is 0 Å². The maximum atomic E-state index is 12.0. The summed E-state index contributed by atoms with van der Waals surface area (Å²) in [7, 11) is 0. The normalized spacial score (nSPS) is 29.5.